The van der Waals surface area contributed by atoms with Gasteiger partial charge in [0.2, 0.25) is 5.91 Å². The van der Waals surface area contributed by atoms with E-state index < -0.39 is 6.09 Å². The standard InChI is InChI=1S/C12H23N3O3/c1-3-15(8-11(16)14-12(17)18-2)10-6-4-9(13)5-7-10/h9-10H,3-8,13H2,1-2H3,(H,14,16,17). The molecule has 1 aliphatic carbocycles. The molecule has 6 heteroatoms. The van der Waals surface area contributed by atoms with Crippen LogP contribution in [0, 0.1) is 0 Å². The number of ether oxygens (including phenoxy) is 1. The molecule has 0 aliphatic heterocycles. The van der Waals surface area contributed by atoms with E-state index in [1.54, 1.807) is 0 Å². The summed E-state index contributed by atoms with van der Waals surface area (Å²) in [6.07, 6.45) is 3.32. The lowest BCUT2D eigenvalue weighted by atomic mass is 9.91. The Bertz CT molecular complexity index is 288. The van der Waals surface area contributed by atoms with Gasteiger partial charge in [-0.1, -0.05) is 6.92 Å². The topological polar surface area (TPSA) is 84.7 Å². The summed E-state index contributed by atoms with van der Waals surface area (Å²) < 4.78 is 4.39. The summed E-state index contributed by atoms with van der Waals surface area (Å²) >= 11 is 0. The van der Waals surface area contributed by atoms with E-state index in [2.05, 4.69) is 15.0 Å². The summed E-state index contributed by atoms with van der Waals surface area (Å²) in [5, 5.41) is 2.18. The molecule has 0 aromatic heterocycles. The molecule has 1 aliphatic rings. The Hall–Kier alpha value is -1.14. The van der Waals surface area contributed by atoms with E-state index in [1.165, 1.54) is 7.11 Å². The number of nitrogens with one attached hydrogen (secondary N) is 1. The van der Waals surface area contributed by atoms with Crippen molar-refractivity contribution in [1.82, 2.24) is 10.2 Å². The quantitative estimate of drug-likeness (QED) is 0.764. The third-order valence-electron chi connectivity index (χ3n) is 3.44. The molecule has 3 N–H and O–H groups in total. The molecule has 1 rings (SSSR count). The van der Waals surface area contributed by atoms with Crippen molar-refractivity contribution < 1.29 is 14.3 Å². The van der Waals surface area contributed by atoms with E-state index in [-0.39, 0.29) is 12.5 Å². The van der Waals surface area contributed by atoms with Gasteiger partial charge in [-0.05, 0) is 32.2 Å². The van der Waals surface area contributed by atoms with Crippen LogP contribution in [0.1, 0.15) is 32.6 Å². The number of methoxy groups -OCH3 is 1. The van der Waals surface area contributed by atoms with Gasteiger partial charge in [0.05, 0.1) is 13.7 Å². The van der Waals surface area contributed by atoms with Gasteiger partial charge in [-0.2, -0.15) is 0 Å². The van der Waals surface area contributed by atoms with Crippen LogP contribution in [0.25, 0.3) is 0 Å². The second kappa shape index (κ2) is 7.33. The molecule has 0 unspecified atom stereocenters. The molecule has 1 saturated carbocycles. The van der Waals surface area contributed by atoms with Crippen LogP contribution in [0.5, 0.6) is 0 Å². The first-order valence-electron chi connectivity index (χ1n) is 6.44. The van der Waals surface area contributed by atoms with Crippen LogP contribution < -0.4 is 11.1 Å². The number of imide groups is 1. The first-order chi connectivity index (χ1) is 8.56. The number of nitrogens with two attached hydrogens (primary N) is 1. The monoisotopic (exact) mass is 257 g/mol. The molecule has 2 amide bonds. The van der Waals surface area contributed by atoms with Gasteiger partial charge in [0.15, 0.2) is 0 Å². The highest BCUT2D eigenvalue weighted by molar-refractivity contribution is 5.92. The predicted octanol–water partition coefficient (Wildman–Crippen LogP) is 0.461. The number of carbonyl (C=O) groups is 2. The maximum absolute atomic E-state index is 11.6. The Morgan fingerprint density at radius 3 is 2.44 bits per heavy atom. The summed E-state index contributed by atoms with van der Waals surface area (Å²) in [4.78, 5) is 24.6. The SMILES string of the molecule is CCN(CC(=O)NC(=O)OC)C1CCC(N)CC1. The average Bonchev–Trinajstić information content (AvgIpc) is 2.37. The average molecular weight is 257 g/mol. The Morgan fingerprint density at radius 2 is 1.94 bits per heavy atom. The molecule has 0 aromatic rings. The fourth-order valence-corrected chi connectivity index (χ4v) is 2.35. The fraction of sp³-hybridized carbons (Fsp3) is 0.833. The van der Waals surface area contributed by atoms with E-state index in [9.17, 15) is 9.59 Å². The van der Waals surface area contributed by atoms with Crippen molar-refractivity contribution in [1.29, 1.82) is 0 Å². The van der Waals surface area contributed by atoms with Crippen molar-refractivity contribution in [3.8, 4) is 0 Å². The van der Waals surface area contributed by atoms with Crippen LogP contribution >= 0.6 is 0 Å². The zero-order valence-corrected chi connectivity index (χ0v) is 11.1. The van der Waals surface area contributed by atoms with Crippen LogP contribution in [0.4, 0.5) is 4.79 Å². The van der Waals surface area contributed by atoms with Gasteiger partial charge in [0.1, 0.15) is 0 Å². The summed E-state index contributed by atoms with van der Waals surface area (Å²) in [5.41, 5.74) is 5.86. The minimum atomic E-state index is -0.707. The molecular formula is C12H23N3O3. The Labute approximate surface area is 108 Å². The van der Waals surface area contributed by atoms with Crippen molar-refractivity contribution >= 4 is 12.0 Å². The fourth-order valence-electron chi connectivity index (χ4n) is 2.35. The number of alkyl carbamates (subject to hydrolysis) is 1. The van der Waals surface area contributed by atoms with E-state index in [0.29, 0.717) is 12.1 Å². The molecular weight excluding hydrogens is 234 g/mol. The number of hydrogen-bond acceptors (Lipinski definition) is 5. The third kappa shape index (κ3) is 4.62. The van der Waals surface area contributed by atoms with Crippen molar-refractivity contribution in [2.75, 3.05) is 20.2 Å². The molecule has 0 spiro atoms. The lowest BCUT2D eigenvalue weighted by molar-refractivity contribution is -0.122. The van der Waals surface area contributed by atoms with Gasteiger partial charge in [-0.25, -0.2) is 4.79 Å². The highest BCUT2D eigenvalue weighted by Crippen LogP contribution is 2.21. The molecule has 0 radical (unpaired) electrons. The molecule has 6 nitrogen and oxygen atoms in total. The maximum Gasteiger partial charge on any atom is 0.413 e. The Balaban J connectivity index is 2.41. The summed E-state index contributed by atoms with van der Waals surface area (Å²) in [5.74, 6) is -0.321. The van der Waals surface area contributed by atoms with E-state index in [4.69, 9.17) is 5.73 Å². The number of rotatable bonds is 4. The molecule has 0 saturated heterocycles. The Kier molecular flexibility index (Phi) is 6.07. The second-order valence-electron chi connectivity index (χ2n) is 4.67. The van der Waals surface area contributed by atoms with Crippen molar-refractivity contribution in [2.45, 2.75) is 44.7 Å². The van der Waals surface area contributed by atoms with E-state index in [1.807, 2.05) is 6.92 Å². The van der Waals surface area contributed by atoms with Gasteiger partial charge < -0.3 is 10.5 Å². The zero-order chi connectivity index (χ0) is 13.5. The zero-order valence-electron chi connectivity index (χ0n) is 11.1. The van der Waals surface area contributed by atoms with Gasteiger partial charge in [-0.15, -0.1) is 0 Å². The number of carbonyl (C=O) groups excluding carboxylic acids is 2. The molecule has 18 heavy (non-hydrogen) atoms. The lowest BCUT2D eigenvalue weighted by Gasteiger charge is -2.34. The van der Waals surface area contributed by atoms with Crippen LogP contribution in [0.15, 0.2) is 0 Å². The van der Waals surface area contributed by atoms with Crippen LogP contribution in [0.3, 0.4) is 0 Å². The number of amides is 2. The van der Waals surface area contributed by atoms with Crippen LogP contribution in [-0.2, 0) is 9.53 Å². The molecule has 104 valence electrons. The smallest absolute Gasteiger partial charge is 0.413 e. The predicted molar refractivity (Wildman–Crippen MR) is 68.0 cm³/mol. The van der Waals surface area contributed by atoms with Crippen molar-refractivity contribution in [2.24, 2.45) is 5.73 Å². The molecule has 0 heterocycles. The van der Waals surface area contributed by atoms with E-state index >= 15 is 0 Å². The first-order valence-corrected chi connectivity index (χ1v) is 6.44. The lowest BCUT2D eigenvalue weighted by Crippen LogP contribution is -2.46. The molecule has 0 bridgehead atoms. The normalized spacial score (nSPS) is 23.8. The molecule has 0 aromatic carbocycles. The third-order valence-corrected chi connectivity index (χ3v) is 3.44. The first kappa shape index (κ1) is 14.9. The highest BCUT2D eigenvalue weighted by atomic mass is 16.5. The van der Waals surface area contributed by atoms with E-state index in [0.717, 1.165) is 32.2 Å². The van der Waals surface area contributed by atoms with Crippen LogP contribution in [-0.4, -0.2) is 49.2 Å². The Morgan fingerprint density at radius 1 is 1.33 bits per heavy atom. The van der Waals surface area contributed by atoms with Crippen LogP contribution in [0.2, 0.25) is 0 Å². The minimum Gasteiger partial charge on any atom is -0.453 e. The second-order valence-corrected chi connectivity index (χ2v) is 4.67. The minimum absolute atomic E-state index is 0.228. The van der Waals surface area contributed by atoms with Gasteiger partial charge >= 0.3 is 6.09 Å². The highest BCUT2D eigenvalue weighted by Gasteiger charge is 2.25. The van der Waals surface area contributed by atoms with Crippen molar-refractivity contribution in [3.63, 3.8) is 0 Å². The van der Waals surface area contributed by atoms with Crippen molar-refractivity contribution in [3.05, 3.63) is 0 Å². The number of hydrogen-bond donors (Lipinski definition) is 2. The van der Waals surface area contributed by atoms with Gasteiger partial charge in [0.25, 0.3) is 0 Å². The number of nitrogens with zero attached hydrogens (tertiary/aromatic N) is 1. The molecule has 0 atom stereocenters. The summed E-state index contributed by atoms with van der Waals surface area (Å²) in [6.45, 7) is 3.03. The van der Waals surface area contributed by atoms with Gasteiger partial charge in [0, 0.05) is 12.1 Å². The summed E-state index contributed by atoms with van der Waals surface area (Å²) in [6, 6.07) is 0.682. The molecule has 1 fully saturated rings. The largest absolute Gasteiger partial charge is 0.453 e. The van der Waals surface area contributed by atoms with Gasteiger partial charge in [-0.3, -0.25) is 15.0 Å². The summed E-state index contributed by atoms with van der Waals surface area (Å²) in [7, 11) is 1.24. The number of likely N-dealkylation sites (N-methyl/N-ethyl adjacent to an activating group) is 1. The maximum atomic E-state index is 11.6.